The Morgan fingerprint density at radius 1 is 0.967 bits per heavy atom. The summed E-state index contributed by atoms with van der Waals surface area (Å²) in [5.74, 6) is -3.45. The minimum atomic E-state index is -1.16. The number of nitrogens with zero attached hydrogens (tertiary/aromatic N) is 2. The highest BCUT2D eigenvalue weighted by Crippen LogP contribution is 2.18. The van der Waals surface area contributed by atoms with Gasteiger partial charge in [-0.25, -0.2) is 4.98 Å². The lowest BCUT2D eigenvalue weighted by Gasteiger charge is -2.16. The van der Waals surface area contributed by atoms with Gasteiger partial charge in [0, 0.05) is 18.8 Å². The highest BCUT2D eigenvalue weighted by Gasteiger charge is 2.18. The first-order valence-corrected chi connectivity index (χ1v) is 9.34. The van der Waals surface area contributed by atoms with Gasteiger partial charge < -0.3 is 42.2 Å². The summed E-state index contributed by atoms with van der Waals surface area (Å²) in [5.41, 5.74) is 17.6. The molecule has 0 radical (unpaired) electrons. The summed E-state index contributed by atoms with van der Waals surface area (Å²) in [6.07, 6.45) is 4.60. The van der Waals surface area contributed by atoms with E-state index >= 15 is 0 Å². The number of imidazole rings is 1. The zero-order chi connectivity index (χ0) is 22.8. The van der Waals surface area contributed by atoms with Crippen LogP contribution in [0.3, 0.4) is 0 Å². The molecule has 1 aromatic rings. The van der Waals surface area contributed by atoms with Gasteiger partial charge in [0.05, 0.1) is 18.1 Å². The molecular formula is C18H29N5O7. The monoisotopic (exact) mass is 427 g/mol. The molecule has 0 aromatic carbocycles. The fourth-order valence-electron chi connectivity index (χ4n) is 2.66. The van der Waals surface area contributed by atoms with E-state index < -0.39 is 42.1 Å². The second kappa shape index (κ2) is 12.0. The Bertz CT molecular complexity index is 764. The van der Waals surface area contributed by atoms with Crippen LogP contribution in [0.15, 0.2) is 18.1 Å². The van der Waals surface area contributed by atoms with Gasteiger partial charge in [-0.1, -0.05) is 5.57 Å². The van der Waals surface area contributed by atoms with Gasteiger partial charge in [-0.15, -0.1) is 0 Å². The topological polar surface area (TPSA) is 228 Å². The van der Waals surface area contributed by atoms with Crippen molar-refractivity contribution in [1.82, 2.24) is 9.55 Å². The van der Waals surface area contributed by atoms with E-state index in [0.29, 0.717) is 11.3 Å². The molecule has 4 unspecified atom stereocenters. The van der Waals surface area contributed by atoms with Crippen LogP contribution in [0.4, 0.5) is 0 Å². The molecule has 1 rings (SSSR count). The van der Waals surface area contributed by atoms with Crippen molar-refractivity contribution in [2.75, 3.05) is 0 Å². The van der Waals surface area contributed by atoms with E-state index in [1.54, 1.807) is 17.0 Å². The Hall–Kier alpha value is -2.80. The number of hydrogen-bond donors (Lipinski definition) is 7. The maximum Gasteiger partial charge on any atom is 0.320 e. The average molecular weight is 427 g/mol. The van der Waals surface area contributed by atoms with Crippen LogP contribution < -0.4 is 17.2 Å². The highest BCUT2D eigenvalue weighted by molar-refractivity contribution is 5.73. The molecule has 30 heavy (non-hydrogen) atoms. The zero-order valence-corrected chi connectivity index (χ0v) is 16.4. The predicted molar refractivity (Wildman–Crippen MR) is 106 cm³/mol. The number of carboxylic acid groups (broad SMARTS) is 3. The van der Waals surface area contributed by atoms with Crippen LogP contribution >= 0.6 is 0 Å². The third-order valence-corrected chi connectivity index (χ3v) is 4.45. The molecule has 4 atom stereocenters. The summed E-state index contributed by atoms with van der Waals surface area (Å²) in [6, 6.07) is -3.24. The molecule has 0 aliphatic rings. The van der Waals surface area contributed by atoms with Crippen molar-refractivity contribution in [3.05, 3.63) is 23.8 Å². The number of carboxylic acids is 3. The SMILES string of the molecule is NC(CC/C(=C\n1cnc(CC(N)C(=O)O)c1)CC(O)CCC(N)C(=O)O)C(=O)O. The molecule has 12 heteroatoms. The second-order valence-electron chi connectivity index (χ2n) is 7.11. The Morgan fingerprint density at radius 2 is 1.53 bits per heavy atom. The zero-order valence-electron chi connectivity index (χ0n) is 16.4. The molecule has 1 aromatic heterocycles. The normalized spacial score (nSPS) is 15.9. The van der Waals surface area contributed by atoms with Crippen molar-refractivity contribution in [1.29, 1.82) is 0 Å². The molecule has 0 spiro atoms. The van der Waals surface area contributed by atoms with Crippen LogP contribution in [0.5, 0.6) is 0 Å². The van der Waals surface area contributed by atoms with Crippen LogP contribution in [-0.2, 0) is 20.8 Å². The Morgan fingerprint density at radius 3 is 2.10 bits per heavy atom. The highest BCUT2D eigenvalue weighted by atomic mass is 16.4. The number of carbonyl (C=O) groups is 3. The predicted octanol–water partition coefficient (Wildman–Crippen LogP) is -1.19. The van der Waals surface area contributed by atoms with Crippen molar-refractivity contribution < 1.29 is 34.8 Å². The van der Waals surface area contributed by atoms with E-state index in [4.69, 9.17) is 32.5 Å². The van der Waals surface area contributed by atoms with Crippen molar-refractivity contribution in [2.45, 2.75) is 62.8 Å². The lowest BCUT2D eigenvalue weighted by molar-refractivity contribution is -0.139. The van der Waals surface area contributed by atoms with E-state index in [1.165, 1.54) is 6.33 Å². The van der Waals surface area contributed by atoms with Crippen LogP contribution in [0.25, 0.3) is 6.20 Å². The first-order valence-electron chi connectivity index (χ1n) is 9.34. The molecule has 168 valence electrons. The molecule has 0 amide bonds. The average Bonchev–Trinajstić information content (AvgIpc) is 3.10. The first-order chi connectivity index (χ1) is 14.0. The van der Waals surface area contributed by atoms with Crippen molar-refractivity contribution in [3.8, 4) is 0 Å². The standard InChI is InChI=1S/C18H29N5O7/c19-13(16(25)26)3-1-10(5-12(24)2-4-14(20)17(27)28)7-23-8-11(22-9-23)6-15(21)18(29)30/h7-9,12-15,24H,1-6,19-21H2,(H,25,26)(H,27,28)(H,29,30)/b10-7+. The smallest absolute Gasteiger partial charge is 0.320 e. The molecule has 0 saturated heterocycles. The summed E-state index contributed by atoms with van der Waals surface area (Å²) < 4.78 is 1.56. The van der Waals surface area contributed by atoms with Gasteiger partial charge in [-0.05, 0) is 32.1 Å². The van der Waals surface area contributed by atoms with Gasteiger partial charge in [0.25, 0.3) is 0 Å². The minimum Gasteiger partial charge on any atom is -0.480 e. The van der Waals surface area contributed by atoms with Crippen LogP contribution in [-0.4, -0.2) is 72.1 Å². The molecule has 0 aliphatic heterocycles. The maximum absolute atomic E-state index is 11.0. The molecular weight excluding hydrogens is 398 g/mol. The summed E-state index contributed by atoms with van der Waals surface area (Å²) in [6.45, 7) is 0. The maximum atomic E-state index is 11.0. The number of hydrogen-bond acceptors (Lipinski definition) is 8. The van der Waals surface area contributed by atoms with E-state index in [-0.39, 0.29) is 38.5 Å². The summed E-state index contributed by atoms with van der Waals surface area (Å²) in [4.78, 5) is 36.7. The summed E-state index contributed by atoms with van der Waals surface area (Å²) in [5, 5.41) is 36.9. The fraction of sp³-hybridized carbons (Fsp3) is 0.556. The van der Waals surface area contributed by atoms with Crippen molar-refractivity contribution >= 4 is 24.1 Å². The molecule has 12 nitrogen and oxygen atoms in total. The third-order valence-electron chi connectivity index (χ3n) is 4.45. The van der Waals surface area contributed by atoms with E-state index in [9.17, 15) is 19.5 Å². The van der Waals surface area contributed by atoms with Gasteiger partial charge in [0.1, 0.15) is 18.1 Å². The lowest BCUT2D eigenvalue weighted by atomic mass is 9.98. The van der Waals surface area contributed by atoms with E-state index in [0.717, 1.165) is 0 Å². The van der Waals surface area contributed by atoms with E-state index in [1.807, 2.05) is 0 Å². The molecule has 1 heterocycles. The van der Waals surface area contributed by atoms with Gasteiger partial charge in [0.2, 0.25) is 0 Å². The largest absolute Gasteiger partial charge is 0.480 e. The Balaban J connectivity index is 2.86. The summed E-state index contributed by atoms with van der Waals surface area (Å²) in [7, 11) is 0. The second-order valence-corrected chi connectivity index (χ2v) is 7.11. The number of aliphatic hydroxyl groups is 1. The third kappa shape index (κ3) is 9.13. The fourth-order valence-corrected chi connectivity index (χ4v) is 2.66. The number of aliphatic hydroxyl groups excluding tert-OH is 1. The molecule has 10 N–H and O–H groups in total. The van der Waals surface area contributed by atoms with Gasteiger partial charge >= 0.3 is 17.9 Å². The number of aliphatic carboxylic acids is 3. The molecule has 0 saturated carbocycles. The number of aromatic nitrogens is 2. The van der Waals surface area contributed by atoms with E-state index in [2.05, 4.69) is 4.98 Å². The summed E-state index contributed by atoms with van der Waals surface area (Å²) >= 11 is 0. The molecule has 0 bridgehead atoms. The Labute approximate surface area is 173 Å². The van der Waals surface area contributed by atoms with Gasteiger partial charge in [-0.3, -0.25) is 14.4 Å². The first kappa shape index (κ1) is 25.2. The van der Waals surface area contributed by atoms with Crippen molar-refractivity contribution in [3.63, 3.8) is 0 Å². The number of rotatable bonds is 14. The quantitative estimate of drug-likeness (QED) is 0.187. The minimum absolute atomic E-state index is 0.0328. The van der Waals surface area contributed by atoms with Gasteiger partial charge in [-0.2, -0.15) is 0 Å². The molecule has 0 aliphatic carbocycles. The Kier molecular flexibility index (Phi) is 10.1. The van der Waals surface area contributed by atoms with Crippen LogP contribution in [0.2, 0.25) is 0 Å². The number of nitrogens with two attached hydrogens (primary N) is 3. The lowest BCUT2D eigenvalue weighted by Crippen LogP contribution is -2.32. The van der Waals surface area contributed by atoms with Crippen LogP contribution in [0, 0.1) is 0 Å². The van der Waals surface area contributed by atoms with Crippen molar-refractivity contribution in [2.24, 2.45) is 17.2 Å². The molecule has 0 fully saturated rings. The van der Waals surface area contributed by atoms with Crippen LogP contribution in [0.1, 0.15) is 37.8 Å². The van der Waals surface area contributed by atoms with Gasteiger partial charge in [0.15, 0.2) is 0 Å².